The van der Waals surface area contributed by atoms with E-state index in [-0.39, 0.29) is 17.3 Å². The Morgan fingerprint density at radius 1 is 1.21 bits per heavy atom. The number of hydrogen-bond acceptors (Lipinski definition) is 2. The van der Waals surface area contributed by atoms with Gasteiger partial charge in [-0.3, -0.25) is 0 Å². The van der Waals surface area contributed by atoms with Crippen molar-refractivity contribution >= 4 is 0 Å². The second-order valence-corrected chi connectivity index (χ2v) is 5.67. The minimum absolute atomic E-state index is 0.0705. The Kier molecular flexibility index (Phi) is 3.21. The Bertz CT molecular complexity index is 451. The monoisotopic (exact) mass is 267 g/mol. The van der Waals surface area contributed by atoms with E-state index in [1.165, 1.54) is 31.0 Å². The lowest BCUT2D eigenvalue weighted by atomic mass is 9.60. The standard InChI is InChI=1S/C15H19F2NO/c1-18-12-9-13(15(12)7-2-3-8-15)19-14-10(16)5-4-6-11(14)17/h4-6,12-13,18H,2-3,7-9H2,1H3. The second kappa shape index (κ2) is 4.75. The van der Waals surface area contributed by atoms with Crippen LogP contribution in [0.5, 0.6) is 5.75 Å². The summed E-state index contributed by atoms with van der Waals surface area (Å²) < 4.78 is 33.0. The van der Waals surface area contributed by atoms with Gasteiger partial charge in [-0.1, -0.05) is 18.9 Å². The summed E-state index contributed by atoms with van der Waals surface area (Å²) in [5.74, 6) is -1.43. The molecule has 0 saturated heterocycles. The highest BCUT2D eigenvalue weighted by Crippen LogP contribution is 2.54. The lowest BCUT2D eigenvalue weighted by molar-refractivity contribution is -0.0767. The Labute approximate surface area is 112 Å². The number of benzene rings is 1. The molecular formula is C15H19F2NO. The first-order valence-corrected chi connectivity index (χ1v) is 6.95. The molecule has 0 radical (unpaired) electrons. The lowest BCUT2D eigenvalue weighted by Gasteiger charge is -2.53. The summed E-state index contributed by atoms with van der Waals surface area (Å²) in [7, 11) is 1.95. The normalized spacial score (nSPS) is 28.4. The molecule has 1 aromatic rings. The quantitative estimate of drug-likeness (QED) is 0.907. The fraction of sp³-hybridized carbons (Fsp3) is 0.600. The van der Waals surface area contributed by atoms with Crippen molar-refractivity contribution in [2.75, 3.05) is 7.05 Å². The summed E-state index contributed by atoms with van der Waals surface area (Å²) in [5, 5.41) is 3.31. The summed E-state index contributed by atoms with van der Waals surface area (Å²) in [6.07, 6.45) is 5.28. The number of para-hydroxylation sites is 1. The molecule has 4 heteroatoms. The van der Waals surface area contributed by atoms with Crippen LogP contribution >= 0.6 is 0 Å². The maximum Gasteiger partial charge on any atom is 0.191 e. The zero-order valence-electron chi connectivity index (χ0n) is 11.1. The molecule has 2 nitrogen and oxygen atoms in total. The molecule has 0 amide bonds. The molecule has 1 aromatic carbocycles. The Balaban J connectivity index is 1.81. The van der Waals surface area contributed by atoms with Gasteiger partial charge in [-0.2, -0.15) is 0 Å². The van der Waals surface area contributed by atoms with Gasteiger partial charge in [0, 0.05) is 17.9 Å². The van der Waals surface area contributed by atoms with E-state index < -0.39 is 11.6 Å². The molecule has 2 aliphatic rings. The minimum atomic E-state index is -0.610. The van der Waals surface area contributed by atoms with Crippen LogP contribution in [0.1, 0.15) is 32.1 Å². The molecule has 19 heavy (non-hydrogen) atoms. The summed E-state index contributed by atoms with van der Waals surface area (Å²) in [6, 6.07) is 4.26. The van der Waals surface area contributed by atoms with E-state index in [4.69, 9.17) is 4.74 Å². The van der Waals surface area contributed by atoms with E-state index in [0.29, 0.717) is 6.04 Å². The Morgan fingerprint density at radius 3 is 2.42 bits per heavy atom. The van der Waals surface area contributed by atoms with E-state index in [0.717, 1.165) is 19.3 Å². The van der Waals surface area contributed by atoms with Crippen LogP contribution in [0.4, 0.5) is 8.78 Å². The minimum Gasteiger partial charge on any atom is -0.484 e. The predicted octanol–water partition coefficient (Wildman–Crippen LogP) is 3.26. The summed E-state index contributed by atoms with van der Waals surface area (Å²) in [6.45, 7) is 0. The van der Waals surface area contributed by atoms with Gasteiger partial charge in [0.15, 0.2) is 17.4 Å². The maximum absolute atomic E-state index is 13.6. The van der Waals surface area contributed by atoms with Crippen LogP contribution in [0.15, 0.2) is 18.2 Å². The molecule has 0 aromatic heterocycles. The predicted molar refractivity (Wildman–Crippen MR) is 69.1 cm³/mol. The van der Waals surface area contributed by atoms with Crippen molar-refractivity contribution in [1.82, 2.24) is 5.32 Å². The second-order valence-electron chi connectivity index (χ2n) is 5.67. The summed E-state index contributed by atoms with van der Waals surface area (Å²) in [4.78, 5) is 0. The van der Waals surface area contributed by atoms with Gasteiger partial charge in [-0.05, 0) is 32.0 Å². The molecule has 3 rings (SSSR count). The smallest absolute Gasteiger partial charge is 0.191 e. The third kappa shape index (κ3) is 1.93. The van der Waals surface area contributed by atoms with Crippen LogP contribution in [-0.4, -0.2) is 19.2 Å². The third-order valence-electron chi connectivity index (χ3n) is 4.85. The van der Waals surface area contributed by atoms with Crippen molar-refractivity contribution in [1.29, 1.82) is 0 Å². The summed E-state index contributed by atoms with van der Waals surface area (Å²) in [5.41, 5.74) is 0.0729. The van der Waals surface area contributed by atoms with E-state index in [1.54, 1.807) is 0 Å². The Hall–Kier alpha value is -1.16. The summed E-state index contributed by atoms with van der Waals surface area (Å²) >= 11 is 0. The lowest BCUT2D eigenvalue weighted by Crippen LogP contribution is -2.63. The maximum atomic E-state index is 13.6. The van der Waals surface area contributed by atoms with Crippen molar-refractivity contribution in [3.05, 3.63) is 29.8 Å². The zero-order chi connectivity index (χ0) is 13.5. The van der Waals surface area contributed by atoms with Crippen LogP contribution in [0.2, 0.25) is 0 Å². The first-order valence-electron chi connectivity index (χ1n) is 6.95. The number of ether oxygens (including phenoxy) is 1. The van der Waals surface area contributed by atoms with Gasteiger partial charge >= 0.3 is 0 Å². The van der Waals surface area contributed by atoms with Crippen molar-refractivity contribution in [3.63, 3.8) is 0 Å². The number of hydrogen-bond donors (Lipinski definition) is 1. The highest BCUT2D eigenvalue weighted by molar-refractivity contribution is 5.27. The highest BCUT2D eigenvalue weighted by atomic mass is 19.1. The van der Waals surface area contributed by atoms with Crippen LogP contribution in [0.25, 0.3) is 0 Å². The fourth-order valence-electron chi connectivity index (χ4n) is 3.76. The van der Waals surface area contributed by atoms with Crippen LogP contribution in [-0.2, 0) is 0 Å². The van der Waals surface area contributed by atoms with Gasteiger partial charge in [-0.15, -0.1) is 0 Å². The molecule has 2 fully saturated rings. The van der Waals surface area contributed by atoms with Crippen LogP contribution < -0.4 is 10.1 Å². The van der Waals surface area contributed by atoms with Crippen molar-refractivity contribution in [3.8, 4) is 5.75 Å². The third-order valence-corrected chi connectivity index (χ3v) is 4.85. The van der Waals surface area contributed by atoms with Crippen molar-refractivity contribution in [2.45, 2.75) is 44.2 Å². The first kappa shape index (κ1) is 12.9. The molecule has 0 bridgehead atoms. The van der Waals surface area contributed by atoms with E-state index >= 15 is 0 Å². The van der Waals surface area contributed by atoms with Gasteiger partial charge in [0.1, 0.15) is 6.10 Å². The number of nitrogens with one attached hydrogen (secondary N) is 1. The van der Waals surface area contributed by atoms with Crippen LogP contribution in [0.3, 0.4) is 0 Å². The molecule has 104 valence electrons. The molecule has 2 atom stereocenters. The molecular weight excluding hydrogens is 248 g/mol. The van der Waals surface area contributed by atoms with Gasteiger partial charge in [0.25, 0.3) is 0 Å². The number of rotatable bonds is 3. The highest BCUT2D eigenvalue weighted by Gasteiger charge is 2.57. The van der Waals surface area contributed by atoms with Gasteiger partial charge in [0.05, 0.1) is 0 Å². The largest absolute Gasteiger partial charge is 0.484 e. The van der Waals surface area contributed by atoms with Gasteiger partial charge < -0.3 is 10.1 Å². The average Bonchev–Trinajstić information content (AvgIpc) is 2.89. The molecule has 0 aliphatic heterocycles. The molecule has 1 spiro atoms. The topological polar surface area (TPSA) is 21.3 Å². The molecule has 2 unspecified atom stereocenters. The van der Waals surface area contributed by atoms with Gasteiger partial charge in [0.2, 0.25) is 0 Å². The van der Waals surface area contributed by atoms with Crippen molar-refractivity contribution in [2.24, 2.45) is 5.41 Å². The SMILES string of the molecule is CNC1CC(Oc2c(F)cccc2F)C12CCCC2. The number of halogens is 2. The van der Waals surface area contributed by atoms with Crippen molar-refractivity contribution < 1.29 is 13.5 Å². The zero-order valence-corrected chi connectivity index (χ0v) is 11.1. The molecule has 1 N–H and O–H groups in total. The molecule has 2 aliphatic carbocycles. The van der Waals surface area contributed by atoms with E-state index in [1.807, 2.05) is 7.05 Å². The van der Waals surface area contributed by atoms with Gasteiger partial charge in [-0.25, -0.2) is 8.78 Å². The molecule has 2 saturated carbocycles. The van der Waals surface area contributed by atoms with E-state index in [9.17, 15) is 8.78 Å². The molecule has 0 heterocycles. The first-order chi connectivity index (χ1) is 9.17. The van der Waals surface area contributed by atoms with Crippen LogP contribution in [0, 0.1) is 17.0 Å². The Morgan fingerprint density at radius 2 is 1.84 bits per heavy atom. The fourth-order valence-corrected chi connectivity index (χ4v) is 3.76. The average molecular weight is 267 g/mol. The van der Waals surface area contributed by atoms with E-state index in [2.05, 4.69) is 5.32 Å².